The Kier molecular flexibility index (Phi) is 6.14. The molecule has 10 heteroatoms. The van der Waals surface area contributed by atoms with Crippen LogP contribution < -0.4 is 21.0 Å². The minimum Gasteiger partial charge on any atom is -0.442 e. The second kappa shape index (κ2) is 9.38. The van der Waals surface area contributed by atoms with Gasteiger partial charge in [-0.25, -0.2) is 9.18 Å². The second-order valence-corrected chi connectivity index (χ2v) is 8.88. The van der Waals surface area contributed by atoms with Crippen LogP contribution in [0.25, 0.3) is 11.1 Å². The number of ether oxygens (including phenoxy) is 1. The summed E-state index contributed by atoms with van der Waals surface area (Å²) >= 11 is 0. The first-order valence-electron chi connectivity index (χ1n) is 11.5. The van der Waals surface area contributed by atoms with E-state index in [2.05, 4.69) is 38.5 Å². The summed E-state index contributed by atoms with van der Waals surface area (Å²) in [5, 5.41) is 14.0. The quantitative estimate of drug-likeness (QED) is 0.582. The average molecular weight is 467 g/mol. The van der Waals surface area contributed by atoms with Crippen LogP contribution in [0.5, 0.6) is 0 Å². The molecule has 1 fully saturated rings. The molecular formula is C24H27FN6O3. The van der Waals surface area contributed by atoms with Crippen LogP contribution in [0.15, 0.2) is 46.7 Å². The monoisotopic (exact) mass is 466 g/mol. The molecule has 0 bridgehead atoms. The lowest BCUT2D eigenvalue weighted by molar-refractivity contribution is -0.119. The van der Waals surface area contributed by atoms with Crippen molar-refractivity contribution in [1.29, 1.82) is 0 Å². The van der Waals surface area contributed by atoms with Gasteiger partial charge in [-0.15, -0.1) is 0 Å². The van der Waals surface area contributed by atoms with Gasteiger partial charge in [0.1, 0.15) is 11.9 Å². The van der Waals surface area contributed by atoms with E-state index in [4.69, 9.17) is 4.74 Å². The van der Waals surface area contributed by atoms with Crippen molar-refractivity contribution in [2.45, 2.75) is 38.0 Å². The van der Waals surface area contributed by atoms with Gasteiger partial charge in [-0.2, -0.15) is 5.11 Å². The summed E-state index contributed by atoms with van der Waals surface area (Å²) in [5.74, 6) is -0.595. The van der Waals surface area contributed by atoms with Crippen LogP contribution >= 0.6 is 0 Å². The number of nitrogens with zero attached hydrogens (tertiary/aromatic N) is 3. The van der Waals surface area contributed by atoms with E-state index in [0.29, 0.717) is 17.8 Å². The van der Waals surface area contributed by atoms with Crippen molar-refractivity contribution in [2.75, 3.05) is 31.1 Å². The molecule has 0 aromatic heterocycles. The van der Waals surface area contributed by atoms with E-state index in [9.17, 15) is 9.59 Å². The Labute approximate surface area is 196 Å². The zero-order chi connectivity index (χ0) is 23.7. The molecule has 34 heavy (non-hydrogen) atoms. The summed E-state index contributed by atoms with van der Waals surface area (Å²) in [6.07, 6.45) is 0.917. The standard InChI is InChI=1S/C24H27FN6O3/c1-14(32)26-12-19-13-31(24(33)34-19)18-4-6-20(22(25)9-18)15-2-5-21-16(8-15)3-7-23(21)27-10-17-11-28-30-29-17/h2,4-6,8-9,17,19,23,27H,3,7,10-13H2,1H3,(H,26,32)(H,28,29). The Morgan fingerprint density at radius 3 is 2.91 bits per heavy atom. The fraction of sp³-hybridized carbons (Fsp3) is 0.417. The van der Waals surface area contributed by atoms with Crippen LogP contribution in [-0.2, 0) is 16.0 Å². The molecule has 2 aromatic carbocycles. The molecule has 0 spiro atoms. The van der Waals surface area contributed by atoms with Gasteiger partial charge in [0.15, 0.2) is 0 Å². The molecule has 2 amide bonds. The van der Waals surface area contributed by atoms with Gasteiger partial charge in [0.05, 0.1) is 31.4 Å². The lowest BCUT2D eigenvalue weighted by Gasteiger charge is -2.17. The molecule has 2 aliphatic heterocycles. The largest absolute Gasteiger partial charge is 0.442 e. The summed E-state index contributed by atoms with van der Waals surface area (Å²) in [7, 11) is 0. The maximum Gasteiger partial charge on any atom is 0.414 e. The van der Waals surface area contributed by atoms with Crippen molar-refractivity contribution in [1.82, 2.24) is 16.1 Å². The molecule has 2 heterocycles. The molecule has 1 aliphatic carbocycles. The van der Waals surface area contributed by atoms with Gasteiger partial charge in [-0.05, 0) is 47.7 Å². The van der Waals surface area contributed by atoms with Crippen molar-refractivity contribution in [3.63, 3.8) is 0 Å². The van der Waals surface area contributed by atoms with Crippen molar-refractivity contribution in [3.8, 4) is 11.1 Å². The number of hydrogen-bond acceptors (Lipinski definition) is 7. The molecule has 3 aliphatic rings. The predicted octanol–water partition coefficient (Wildman–Crippen LogP) is 2.87. The molecule has 3 unspecified atom stereocenters. The van der Waals surface area contributed by atoms with E-state index in [1.807, 2.05) is 6.07 Å². The minimum absolute atomic E-state index is 0.195. The smallest absolute Gasteiger partial charge is 0.414 e. The zero-order valence-electron chi connectivity index (χ0n) is 18.9. The highest BCUT2D eigenvalue weighted by Crippen LogP contribution is 2.36. The van der Waals surface area contributed by atoms with Crippen molar-refractivity contribution in [2.24, 2.45) is 10.3 Å². The Balaban J connectivity index is 1.27. The topological polar surface area (TPSA) is 107 Å². The van der Waals surface area contributed by atoms with Gasteiger partial charge in [0, 0.05) is 25.1 Å². The third kappa shape index (κ3) is 4.58. The molecule has 1 saturated heterocycles. The minimum atomic E-state index is -0.547. The summed E-state index contributed by atoms with van der Waals surface area (Å²) in [4.78, 5) is 24.7. The van der Waals surface area contributed by atoms with Crippen LogP contribution in [0, 0.1) is 5.82 Å². The fourth-order valence-corrected chi connectivity index (χ4v) is 4.70. The molecule has 0 saturated carbocycles. The third-order valence-electron chi connectivity index (χ3n) is 6.47. The van der Waals surface area contributed by atoms with Gasteiger partial charge in [-0.1, -0.05) is 23.4 Å². The molecule has 178 valence electrons. The number of fused-ring (bicyclic) bond motifs is 1. The number of halogens is 1. The number of anilines is 1. The second-order valence-electron chi connectivity index (χ2n) is 8.88. The maximum atomic E-state index is 15.1. The Bertz CT molecular complexity index is 1130. The van der Waals surface area contributed by atoms with Gasteiger partial charge in [0.25, 0.3) is 0 Å². The van der Waals surface area contributed by atoms with E-state index in [1.165, 1.54) is 29.0 Å². The number of nitrogens with one attached hydrogen (secondary N) is 3. The first-order valence-corrected chi connectivity index (χ1v) is 11.5. The number of cyclic esters (lactones) is 1. The van der Waals surface area contributed by atoms with Crippen molar-refractivity contribution >= 4 is 17.7 Å². The molecule has 3 atom stereocenters. The van der Waals surface area contributed by atoms with Crippen molar-refractivity contribution in [3.05, 3.63) is 53.3 Å². The SMILES string of the molecule is CC(=O)NCC1CN(c2ccc(-c3ccc4c(c3)CCC4NCC3CN=NN3)c(F)c2)C(=O)O1. The van der Waals surface area contributed by atoms with Crippen LogP contribution in [0.4, 0.5) is 14.9 Å². The lowest BCUT2D eigenvalue weighted by atomic mass is 9.99. The van der Waals surface area contributed by atoms with Crippen molar-refractivity contribution < 1.29 is 18.7 Å². The van der Waals surface area contributed by atoms with Crippen LogP contribution in [0.1, 0.15) is 30.5 Å². The van der Waals surface area contributed by atoms with Gasteiger partial charge in [-0.3, -0.25) is 15.1 Å². The highest BCUT2D eigenvalue weighted by Gasteiger charge is 2.33. The molecular weight excluding hydrogens is 439 g/mol. The molecule has 5 rings (SSSR count). The normalized spacial score (nSPS) is 23.1. The first kappa shape index (κ1) is 22.3. The average Bonchev–Trinajstić information content (AvgIpc) is 3.56. The fourth-order valence-electron chi connectivity index (χ4n) is 4.70. The number of hydrogen-bond donors (Lipinski definition) is 3. The van der Waals surface area contributed by atoms with E-state index in [1.54, 1.807) is 12.1 Å². The summed E-state index contributed by atoms with van der Waals surface area (Å²) < 4.78 is 20.4. The number of amides is 2. The summed E-state index contributed by atoms with van der Waals surface area (Å²) in [5.41, 5.74) is 7.19. The van der Waals surface area contributed by atoms with E-state index >= 15 is 4.39 Å². The zero-order valence-corrected chi connectivity index (χ0v) is 18.9. The first-order chi connectivity index (χ1) is 16.5. The maximum absolute atomic E-state index is 15.1. The summed E-state index contributed by atoms with van der Waals surface area (Å²) in [6.45, 7) is 3.36. The van der Waals surface area contributed by atoms with E-state index in [0.717, 1.165) is 24.9 Å². The number of rotatable bonds is 7. The van der Waals surface area contributed by atoms with Crippen LogP contribution in [0.3, 0.4) is 0 Å². The molecule has 0 radical (unpaired) electrons. The lowest BCUT2D eigenvalue weighted by Crippen LogP contribution is -2.36. The highest BCUT2D eigenvalue weighted by atomic mass is 19.1. The summed E-state index contributed by atoms with van der Waals surface area (Å²) in [6, 6.07) is 11.4. The van der Waals surface area contributed by atoms with Crippen LogP contribution in [0.2, 0.25) is 0 Å². The molecule has 9 nitrogen and oxygen atoms in total. The molecule has 3 N–H and O–H groups in total. The highest BCUT2D eigenvalue weighted by molar-refractivity contribution is 5.90. The Hall–Kier alpha value is -3.53. The van der Waals surface area contributed by atoms with E-state index in [-0.39, 0.29) is 31.1 Å². The van der Waals surface area contributed by atoms with Gasteiger partial charge >= 0.3 is 6.09 Å². The Morgan fingerprint density at radius 2 is 2.15 bits per heavy atom. The number of benzene rings is 2. The number of carbonyl (C=O) groups excluding carboxylic acids is 2. The van der Waals surface area contributed by atoms with Crippen LogP contribution in [-0.4, -0.2) is 50.3 Å². The van der Waals surface area contributed by atoms with Gasteiger partial charge in [0.2, 0.25) is 5.91 Å². The van der Waals surface area contributed by atoms with Gasteiger partial charge < -0.3 is 15.4 Å². The number of carbonyl (C=O) groups is 2. The Morgan fingerprint density at radius 1 is 1.26 bits per heavy atom. The number of aryl methyl sites for hydroxylation is 1. The predicted molar refractivity (Wildman–Crippen MR) is 124 cm³/mol. The molecule has 2 aromatic rings. The third-order valence-corrected chi connectivity index (χ3v) is 6.47. The van der Waals surface area contributed by atoms with E-state index < -0.39 is 18.0 Å².